The van der Waals surface area contributed by atoms with E-state index in [-0.39, 0.29) is 17.9 Å². The number of thiophene rings is 1. The molecule has 1 amide bonds. The molecule has 0 aliphatic rings. The van der Waals surface area contributed by atoms with Gasteiger partial charge in [-0.1, -0.05) is 18.2 Å². The van der Waals surface area contributed by atoms with Crippen molar-refractivity contribution in [3.63, 3.8) is 0 Å². The average Bonchev–Trinajstić information content (AvgIpc) is 3.31. The van der Waals surface area contributed by atoms with Crippen LogP contribution in [0.1, 0.15) is 12.2 Å². The fourth-order valence-corrected chi connectivity index (χ4v) is 3.33. The Hall–Kier alpha value is -3.26. The molecule has 0 spiro atoms. The third-order valence-electron chi connectivity index (χ3n) is 3.88. The Morgan fingerprint density at radius 2 is 2.08 bits per heavy atom. The SMILES string of the molecule is O=C(CCc1nc2ccccc2c(=O)[nH]1)Nc1cc(-c2cccs2)[nH]n1. The van der Waals surface area contributed by atoms with Crippen LogP contribution < -0.4 is 10.9 Å². The van der Waals surface area contributed by atoms with E-state index in [0.717, 1.165) is 10.6 Å². The van der Waals surface area contributed by atoms with Crippen molar-refractivity contribution in [3.8, 4) is 10.6 Å². The molecule has 0 radical (unpaired) electrons. The summed E-state index contributed by atoms with van der Waals surface area (Å²) in [6, 6.07) is 12.8. The van der Waals surface area contributed by atoms with Crippen LogP contribution in [0.5, 0.6) is 0 Å². The molecule has 26 heavy (non-hydrogen) atoms. The molecule has 1 aromatic carbocycles. The maximum absolute atomic E-state index is 12.1. The summed E-state index contributed by atoms with van der Waals surface area (Å²) in [4.78, 5) is 32.4. The van der Waals surface area contributed by atoms with Crippen LogP contribution in [0.25, 0.3) is 21.5 Å². The highest BCUT2D eigenvalue weighted by Crippen LogP contribution is 2.24. The van der Waals surface area contributed by atoms with Crippen molar-refractivity contribution in [1.82, 2.24) is 20.2 Å². The largest absolute Gasteiger partial charge is 0.310 e. The molecule has 3 N–H and O–H groups in total. The Bertz CT molecular complexity index is 1110. The van der Waals surface area contributed by atoms with Crippen LogP contribution in [0, 0.1) is 0 Å². The third-order valence-corrected chi connectivity index (χ3v) is 4.79. The number of carbonyl (C=O) groups excluding carboxylic acids is 1. The summed E-state index contributed by atoms with van der Waals surface area (Å²) >= 11 is 1.59. The Labute approximate surface area is 152 Å². The van der Waals surface area contributed by atoms with Gasteiger partial charge in [-0.15, -0.1) is 11.3 Å². The monoisotopic (exact) mass is 365 g/mol. The number of hydrogen-bond acceptors (Lipinski definition) is 5. The number of nitrogens with one attached hydrogen (secondary N) is 3. The normalized spacial score (nSPS) is 10.9. The molecule has 4 rings (SSSR count). The molecule has 7 nitrogen and oxygen atoms in total. The summed E-state index contributed by atoms with van der Waals surface area (Å²) in [5.41, 5.74) is 1.29. The van der Waals surface area contributed by atoms with E-state index >= 15 is 0 Å². The molecular weight excluding hydrogens is 350 g/mol. The lowest BCUT2D eigenvalue weighted by Gasteiger charge is -2.03. The fraction of sp³-hybridized carbons (Fsp3) is 0.111. The van der Waals surface area contributed by atoms with E-state index in [1.165, 1.54) is 0 Å². The molecule has 3 heterocycles. The van der Waals surface area contributed by atoms with Gasteiger partial charge in [-0.2, -0.15) is 5.10 Å². The zero-order valence-electron chi connectivity index (χ0n) is 13.7. The minimum absolute atomic E-state index is 0.190. The molecule has 0 unspecified atom stereocenters. The van der Waals surface area contributed by atoms with Crippen LogP contribution in [-0.2, 0) is 11.2 Å². The fourth-order valence-electron chi connectivity index (χ4n) is 2.63. The van der Waals surface area contributed by atoms with Gasteiger partial charge in [0, 0.05) is 18.9 Å². The second-order valence-electron chi connectivity index (χ2n) is 5.72. The van der Waals surface area contributed by atoms with Gasteiger partial charge in [-0.05, 0) is 23.6 Å². The van der Waals surface area contributed by atoms with E-state index in [0.29, 0.717) is 29.0 Å². The van der Waals surface area contributed by atoms with Crippen LogP contribution >= 0.6 is 11.3 Å². The first-order valence-corrected chi connectivity index (χ1v) is 8.94. The molecule has 0 bridgehead atoms. The number of para-hydroxylation sites is 1. The van der Waals surface area contributed by atoms with Crippen molar-refractivity contribution in [2.45, 2.75) is 12.8 Å². The number of fused-ring (bicyclic) bond motifs is 1. The van der Waals surface area contributed by atoms with E-state index in [2.05, 4.69) is 25.5 Å². The Kier molecular flexibility index (Phi) is 4.32. The Balaban J connectivity index is 1.41. The van der Waals surface area contributed by atoms with Crippen molar-refractivity contribution >= 4 is 34.0 Å². The molecule has 8 heteroatoms. The highest BCUT2D eigenvalue weighted by Gasteiger charge is 2.10. The van der Waals surface area contributed by atoms with Crippen LogP contribution in [0.15, 0.2) is 52.6 Å². The van der Waals surface area contributed by atoms with Gasteiger partial charge in [0.2, 0.25) is 5.91 Å². The molecule has 130 valence electrons. The summed E-state index contributed by atoms with van der Waals surface area (Å²) < 4.78 is 0. The van der Waals surface area contributed by atoms with E-state index in [9.17, 15) is 9.59 Å². The summed E-state index contributed by atoms with van der Waals surface area (Å²) in [6.45, 7) is 0. The number of aromatic amines is 2. The quantitative estimate of drug-likeness (QED) is 0.506. The second kappa shape index (κ2) is 6.93. The summed E-state index contributed by atoms with van der Waals surface area (Å²) in [5.74, 6) is 0.772. The second-order valence-corrected chi connectivity index (χ2v) is 6.67. The van der Waals surface area contributed by atoms with E-state index in [1.807, 2.05) is 23.6 Å². The molecule has 4 aromatic rings. The standard InChI is InChI=1S/C18H15N5O2S/c24-17(20-16-10-13(22-23-16)14-6-3-9-26-14)8-7-15-19-12-5-2-1-4-11(12)18(25)21-15/h1-6,9-10H,7-8H2,(H,19,21,25)(H2,20,22,23,24). The van der Waals surface area contributed by atoms with Crippen molar-refractivity contribution in [1.29, 1.82) is 0 Å². The first kappa shape index (κ1) is 16.2. The number of hydrogen-bond donors (Lipinski definition) is 3. The van der Waals surface area contributed by atoms with Crippen LogP contribution in [-0.4, -0.2) is 26.1 Å². The first-order chi connectivity index (χ1) is 12.7. The van der Waals surface area contributed by atoms with Gasteiger partial charge in [0.25, 0.3) is 5.56 Å². The van der Waals surface area contributed by atoms with Gasteiger partial charge in [0.05, 0.1) is 21.5 Å². The lowest BCUT2D eigenvalue weighted by atomic mass is 10.2. The molecule has 0 aliphatic heterocycles. The topological polar surface area (TPSA) is 104 Å². The molecule has 0 atom stereocenters. The maximum atomic E-state index is 12.1. The van der Waals surface area contributed by atoms with E-state index in [4.69, 9.17) is 0 Å². The van der Waals surface area contributed by atoms with E-state index < -0.39 is 0 Å². The number of aromatic nitrogens is 4. The lowest BCUT2D eigenvalue weighted by molar-refractivity contribution is -0.116. The van der Waals surface area contributed by atoms with Gasteiger partial charge >= 0.3 is 0 Å². The van der Waals surface area contributed by atoms with Crippen molar-refractivity contribution in [3.05, 3.63) is 64.0 Å². The molecule has 0 fully saturated rings. The van der Waals surface area contributed by atoms with Gasteiger partial charge in [-0.3, -0.25) is 14.7 Å². The summed E-state index contributed by atoms with van der Waals surface area (Å²) in [7, 11) is 0. The van der Waals surface area contributed by atoms with Gasteiger partial charge in [0.15, 0.2) is 5.82 Å². The number of H-pyrrole nitrogens is 2. The molecule has 3 aromatic heterocycles. The smallest absolute Gasteiger partial charge is 0.258 e. The predicted octanol–water partition coefficient (Wildman–Crippen LogP) is 2.95. The van der Waals surface area contributed by atoms with Gasteiger partial charge < -0.3 is 10.3 Å². The predicted molar refractivity (Wildman–Crippen MR) is 101 cm³/mol. The van der Waals surface area contributed by atoms with E-state index in [1.54, 1.807) is 35.6 Å². The maximum Gasteiger partial charge on any atom is 0.258 e. The zero-order chi connectivity index (χ0) is 17.9. The minimum Gasteiger partial charge on any atom is -0.310 e. The average molecular weight is 365 g/mol. The van der Waals surface area contributed by atoms with Crippen LogP contribution in [0.3, 0.4) is 0 Å². The van der Waals surface area contributed by atoms with Crippen LogP contribution in [0.2, 0.25) is 0 Å². The summed E-state index contributed by atoms with van der Waals surface area (Å²) in [6.07, 6.45) is 0.538. The van der Waals surface area contributed by atoms with Crippen molar-refractivity contribution < 1.29 is 4.79 Å². The number of rotatable bonds is 5. The zero-order valence-corrected chi connectivity index (χ0v) is 14.5. The highest BCUT2D eigenvalue weighted by atomic mass is 32.1. The molecular formula is C18H15N5O2S. The Morgan fingerprint density at radius 3 is 2.92 bits per heavy atom. The van der Waals surface area contributed by atoms with Crippen LogP contribution in [0.4, 0.5) is 5.82 Å². The Morgan fingerprint density at radius 1 is 1.19 bits per heavy atom. The lowest BCUT2D eigenvalue weighted by Crippen LogP contribution is -2.16. The van der Waals surface area contributed by atoms with Crippen molar-refractivity contribution in [2.75, 3.05) is 5.32 Å². The minimum atomic E-state index is -0.195. The van der Waals surface area contributed by atoms with Gasteiger partial charge in [0.1, 0.15) is 5.82 Å². The van der Waals surface area contributed by atoms with Gasteiger partial charge in [-0.25, -0.2) is 4.98 Å². The first-order valence-electron chi connectivity index (χ1n) is 8.06. The molecule has 0 saturated carbocycles. The number of anilines is 1. The van der Waals surface area contributed by atoms with Crippen molar-refractivity contribution in [2.24, 2.45) is 0 Å². The molecule has 0 aliphatic carbocycles. The highest BCUT2D eigenvalue weighted by molar-refractivity contribution is 7.13. The number of aryl methyl sites for hydroxylation is 1. The molecule has 0 saturated heterocycles. The number of carbonyl (C=O) groups is 1. The number of nitrogens with zero attached hydrogens (tertiary/aromatic N) is 2. The third kappa shape index (κ3) is 3.40. The number of amides is 1. The number of benzene rings is 1. The summed E-state index contributed by atoms with van der Waals surface area (Å²) in [5, 5.41) is 12.3.